The molecule has 0 aliphatic rings. The molecule has 2 aromatic rings. The zero-order chi connectivity index (χ0) is 12.8. The maximum atomic E-state index is 5.78. The van der Waals surface area contributed by atoms with Crippen LogP contribution in [0.4, 0.5) is 5.95 Å². The van der Waals surface area contributed by atoms with Gasteiger partial charge in [-0.25, -0.2) is 9.97 Å². The second-order valence-corrected chi connectivity index (χ2v) is 5.24. The Labute approximate surface area is 120 Å². The van der Waals surface area contributed by atoms with E-state index in [1.165, 1.54) is 5.56 Å². The minimum atomic E-state index is 0.146. The van der Waals surface area contributed by atoms with E-state index >= 15 is 0 Å². The van der Waals surface area contributed by atoms with Crippen molar-refractivity contribution in [3.8, 4) is 0 Å². The molecule has 0 radical (unpaired) electrons. The molecule has 1 atom stereocenters. The molecular weight excluding hydrogens is 339 g/mol. The number of nitrogens with one attached hydrogen (secondary N) is 1. The lowest BCUT2D eigenvalue weighted by Gasteiger charge is -2.16. The number of hydrogen-bond donors (Lipinski definition) is 2. The summed E-state index contributed by atoms with van der Waals surface area (Å²) in [6.07, 6.45) is 4.44. The van der Waals surface area contributed by atoms with Crippen molar-refractivity contribution in [3.63, 3.8) is 0 Å². The Balaban J connectivity index is 1.99. The first-order valence-corrected chi connectivity index (χ1v) is 6.84. The molecule has 0 spiro atoms. The third kappa shape index (κ3) is 3.92. The van der Waals surface area contributed by atoms with E-state index in [4.69, 9.17) is 5.73 Å². The molecule has 18 heavy (non-hydrogen) atoms. The highest BCUT2D eigenvalue weighted by atomic mass is 127. The van der Waals surface area contributed by atoms with E-state index in [1.54, 1.807) is 12.4 Å². The van der Waals surface area contributed by atoms with Crippen LogP contribution in [0.3, 0.4) is 0 Å². The van der Waals surface area contributed by atoms with Gasteiger partial charge in [0.1, 0.15) is 0 Å². The minimum absolute atomic E-state index is 0.146. The zero-order valence-electron chi connectivity index (χ0n) is 9.88. The van der Waals surface area contributed by atoms with Crippen LogP contribution in [0.25, 0.3) is 0 Å². The van der Waals surface area contributed by atoms with Crippen LogP contribution in [-0.4, -0.2) is 22.6 Å². The number of anilines is 1. The normalized spacial score (nSPS) is 12.1. The summed E-state index contributed by atoms with van der Waals surface area (Å²) in [7, 11) is 0. The number of nitrogens with zero attached hydrogens (tertiary/aromatic N) is 2. The van der Waals surface area contributed by atoms with Gasteiger partial charge in [0.2, 0.25) is 5.95 Å². The number of benzene rings is 1. The Morgan fingerprint density at radius 1 is 1.17 bits per heavy atom. The van der Waals surface area contributed by atoms with Crippen molar-refractivity contribution in [3.05, 3.63) is 51.9 Å². The first-order valence-electron chi connectivity index (χ1n) is 5.76. The van der Waals surface area contributed by atoms with Crippen LogP contribution in [0.2, 0.25) is 0 Å². The summed E-state index contributed by atoms with van der Waals surface area (Å²) in [5.41, 5.74) is 7.03. The third-order valence-corrected chi connectivity index (χ3v) is 3.12. The summed E-state index contributed by atoms with van der Waals surface area (Å²) in [4.78, 5) is 8.44. The summed E-state index contributed by atoms with van der Waals surface area (Å²) < 4.78 is 1.02. The summed E-state index contributed by atoms with van der Waals surface area (Å²) in [6, 6.07) is 10.4. The van der Waals surface area contributed by atoms with Gasteiger partial charge in [-0.15, -0.1) is 0 Å². The van der Waals surface area contributed by atoms with Crippen LogP contribution >= 0.6 is 22.6 Å². The van der Waals surface area contributed by atoms with E-state index in [1.807, 2.05) is 18.2 Å². The maximum Gasteiger partial charge on any atom is 0.222 e. The van der Waals surface area contributed by atoms with Gasteiger partial charge in [0.25, 0.3) is 0 Å². The van der Waals surface area contributed by atoms with E-state index < -0.39 is 0 Å². The smallest absolute Gasteiger partial charge is 0.222 e. The van der Waals surface area contributed by atoms with Crippen LogP contribution in [0.1, 0.15) is 5.56 Å². The molecule has 0 aliphatic heterocycles. The van der Waals surface area contributed by atoms with E-state index in [0.717, 1.165) is 9.99 Å². The topological polar surface area (TPSA) is 63.8 Å². The van der Waals surface area contributed by atoms with Gasteiger partial charge in [-0.3, -0.25) is 0 Å². The Bertz CT molecular complexity index is 472. The van der Waals surface area contributed by atoms with Crippen LogP contribution in [0.15, 0.2) is 42.7 Å². The molecule has 0 bridgehead atoms. The van der Waals surface area contributed by atoms with Gasteiger partial charge in [0.15, 0.2) is 0 Å². The zero-order valence-corrected chi connectivity index (χ0v) is 12.0. The minimum Gasteiger partial charge on any atom is -0.350 e. The molecule has 1 aromatic carbocycles. The number of aromatic nitrogens is 2. The predicted molar refractivity (Wildman–Crippen MR) is 81.4 cm³/mol. The first-order chi connectivity index (χ1) is 8.78. The van der Waals surface area contributed by atoms with Gasteiger partial charge in [-0.05, 0) is 34.6 Å². The molecule has 3 N–H and O–H groups in total. The summed E-state index contributed by atoms with van der Waals surface area (Å²) in [5.74, 6) is 0.627. The van der Waals surface area contributed by atoms with Gasteiger partial charge in [-0.1, -0.05) is 30.3 Å². The Morgan fingerprint density at radius 2 is 1.83 bits per heavy atom. The largest absolute Gasteiger partial charge is 0.350 e. The highest BCUT2D eigenvalue weighted by molar-refractivity contribution is 14.1. The second kappa shape index (κ2) is 6.65. The van der Waals surface area contributed by atoms with Crippen molar-refractivity contribution in [2.75, 3.05) is 11.9 Å². The fraction of sp³-hybridized carbons (Fsp3) is 0.231. The van der Waals surface area contributed by atoms with Crippen molar-refractivity contribution in [2.45, 2.75) is 12.5 Å². The SMILES string of the molecule is NCC(Cc1ccccc1)Nc1ncc(I)cn1. The molecule has 0 saturated heterocycles. The fourth-order valence-corrected chi connectivity index (χ4v) is 1.94. The standard InChI is InChI=1S/C13H15IN4/c14-11-8-16-13(17-9-11)18-12(7-15)6-10-4-2-1-3-5-10/h1-5,8-9,12H,6-7,15H2,(H,16,17,18). The molecule has 1 unspecified atom stereocenters. The van der Waals surface area contributed by atoms with Crippen molar-refractivity contribution >= 4 is 28.5 Å². The van der Waals surface area contributed by atoms with Crippen LogP contribution in [-0.2, 0) is 6.42 Å². The summed E-state index contributed by atoms with van der Waals surface area (Å²) >= 11 is 2.18. The highest BCUT2D eigenvalue weighted by Gasteiger charge is 2.08. The van der Waals surface area contributed by atoms with Gasteiger partial charge in [0.05, 0.1) is 0 Å². The lowest BCUT2D eigenvalue weighted by Crippen LogP contribution is -2.31. The van der Waals surface area contributed by atoms with Crippen molar-refractivity contribution in [2.24, 2.45) is 5.73 Å². The molecule has 94 valence electrons. The highest BCUT2D eigenvalue weighted by Crippen LogP contribution is 2.08. The molecule has 0 saturated carbocycles. The molecular formula is C13H15IN4. The van der Waals surface area contributed by atoms with Crippen molar-refractivity contribution in [1.82, 2.24) is 9.97 Å². The summed E-state index contributed by atoms with van der Waals surface area (Å²) in [6.45, 7) is 0.546. The Morgan fingerprint density at radius 3 is 2.44 bits per heavy atom. The maximum absolute atomic E-state index is 5.78. The third-order valence-electron chi connectivity index (χ3n) is 2.56. The van der Waals surface area contributed by atoms with Crippen LogP contribution in [0, 0.1) is 3.57 Å². The van der Waals surface area contributed by atoms with E-state index in [0.29, 0.717) is 12.5 Å². The monoisotopic (exact) mass is 354 g/mol. The van der Waals surface area contributed by atoms with Gasteiger partial charge >= 0.3 is 0 Å². The fourth-order valence-electron chi connectivity index (χ4n) is 1.66. The molecule has 5 heteroatoms. The van der Waals surface area contributed by atoms with Gasteiger partial charge < -0.3 is 11.1 Å². The predicted octanol–water partition coefficient (Wildman–Crippen LogP) is 2.06. The van der Waals surface area contributed by atoms with Crippen molar-refractivity contribution < 1.29 is 0 Å². The molecule has 1 heterocycles. The number of hydrogen-bond acceptors (Lipinski definition) is 4. The number of rotatable bonds is 5. The van der Waals surface area contributed by atoms with Gasteiger partial charge in [-0.2, -0.15) is 0 Å². The van der Waals surface area contributed by atoms with Gasteiger partial charge in [0, 0.05) is 28.6 Å². The molecule has 0 aliphatic carbocycles. The number of halogens is 1. The Kier molecular flexibility index (Phi) is 4.89. The molecule has 2 rings (SSSR count). The van der Waals surface area contributed by atoms with Crippen LogP contribution < -0.4 is 11.1 Å². The molecule has 0 amide bonds. The van der Waals surface area contributed by atoms with Crippen LogP contribution in [0.5, 0.6) is 0 Å². The average Bonchev–Trinajstić information content (AvgIpc) is 2.41. The van der Waals surface area contributed by atoms with E-state index in [2.05, 4.69) is 50.0 Å². The van der Waals surface area contributed by atoms with E-state index in [9.17, 15) is 0 Å². The first kappa shape index (κ1) is 13.2. The quantitative estimate of drug-likeness (QED) is 0.807. The van der Waals surface area contributed by atoms with E-state index in [-0.39, 0.29) is 6.04 Å². The lowest BCUT2D eigenvalue weighted by molar-refractivity contribution is 0.714. The number of nitrogens with two attached hydrogens (primary N) is 1. The Hall–Kier alpha value is -1.21. The summed E-state index contributed by atoms with van der Waals surface area (Å²) in [5, 5.41) is 3.25. The molecule has 1 aromatic heterocycles. The molecule has 0 fully saturated rings. The average molecular weight is 354 g/mol. The molecule has 4 nitrogen and oxygen atoms in total. The lowest BCUT2D eigenvalue weighted by atomic mass is 10.1. The van der Waals surface area contributed by atoms with Crippen molar-refractivity contribution in [1.29, 1.82) is 0 Å². The second-order valence-electron chi connectivity index (χ2n) is 3.99.